The van der Waals surface area contributed by atoms with Gasteiger partial charge >= 0.3 is 0 Å². The number of nitrogens with one attached hydrogen (secondary N) is 2. The first-order valence-corrected chi connectivity index (χ1v) is 9.34. The molecule has 27 heavy (non-hydrogen) atoms. The summed E-state index contributed by atoms with van der Waals surface area (Å²) in [7, 11) is 1.73. The molecular formula is C20H23Cl2N3O2. The van der Waals surface area contributed by atoms with Crippen molar-refractivity contribution in [1.82, 2.24) is 10.2 Å². The molecule has 2 unspecified atom stereocenters. The van der Waals surface area contributed by atoms with Crippen LogP contribution in [0.3, 0.4) is 0 Å². The summed E-state index contributed by atoms with van der Waals surface area (Å²) in [5.41, 5.74) is 1.58. The second kappa shape index (κ2) is 9.74. The molecule has 2 aromatic rings. The normalized spacial score (nSPS) is 13.1. The fraction of sp³-hybridized carbons (Fsp3) is 0.300. The van der Waals surface area contributed by atoms with E-state index in [1.54, 1.807) is 37.1 Å². The molecule has 2 N–H and O–H groups in total. The van der Waals surface area contributed by atoms with Crippen LogP contribution in [-0.4, -0.2) is 36.3 Å². The van der Waals surface area contributed by atoms with Crippen LogP contribution < -0.4 is 10.6 Å². The maximum atomic E-state index is 12.5. The van der Waals surface area contributed by atoms with Crippen LogP contribution >= 0.6 is 23.2 Å². The molecule has 0 saturated heterocycles. The van der Waals surface area contributed by atoms with Gasteiger partial charge in [0.2, 0.25) is 11.8 Å². The molecule has 0 spiro atoms. The largest absolute Gasteiger partial charge is 0.348 e. The van der Waals surface area contributed by atoms with Crippen molar-refractivity contribution in [3.05, 3.63) is 64.1 Å². The molecule has 7 heteroatoms. The number of anilines is 1. The van der Waals surface area contributed by atoms with Crippen LogP contribution in [-0.2, 0) is 9.59 Å². The molecular weight excluding hydrogens is 385 g/mol. The molecule has 0 bridgehead atoms. The van der Waals surface area contributed by atoms with Crippen molar-refractivity contribution < 1.29 is 9.59 Å². The van der Waals surface area contributed by atoms with Gasteiger partial charge in [0.15, 0.2) is 0 Å². The van der Waals surface area contributed by atoms with E-state index in [0.29, 0.717) is 15.7 Å². The summed E-state index contributed by atoms with van der Waals surface area (Å²) in [6.45, 7) is 3.75. The third kappa shape index (κ3) is 6.24. The summed E-state index contributed by atoms with van der Waals surface area (Å²) in [6, 6.07) is 14.0. The minimum Gasteiger partial charge on any atom is -0.348 e. The first kappa shape index (κ1) is 21.2. The molecule has 2 amide bonds. The van der Waals surface area contributed by atoms with E-state index in [1.807, 2.05) is 37.3 Å². The van der Waals surface area contributed by atoms with Gasteiger partial charge in [-0.05, 0) is 44.7 Å². The smallest absolute Gasteiger partial charge is 0.238 e. The Balaban J connectivity index is 1.88. The second-order valence-corrected chi connectivity index (χ2v) is 7.22. The number of likely N-dealkylation sites (N-methyl/N-ethyl adjacent to an activating group) is 1. The fourth-order valence-corrected chi connectivity index (χ4v) is 2.80. The summed E-state index contributed by atoms with van der Waals surface area (Å²) in [5.74, 6) is -0.386. The molecule has 2 aromatic carbocycles. The number of carbonyl (C=O) groups is 2. The van der Waals surface area contributed by atoms with E-state index in [9.17, 15) is 9.59 Å². The standard InChI is InChI=1S/C20H23Cl2N3O2/c1-13(15-7-5-4-6-8-15)23-20(27)14(2)25(3)12-19(26)24-16-9-10-17(21)18(22)11-16/h4-11,13-14H,12H2,1-3H3,(H,23,27)(H,24,26). The predicted octanol–water partition coefficient (Wildman–Crippen LogP) is 4.13. The van der Waals surface area contributed by atoms with Gasteiger partial charge in [0.1, 0.15) is 0 Å². The number of hydrogen-bond donors (Lipinski definition) is 2. The van der Waals surface area contributed by atoms with Crippen LogP contribution in [0.25, 0.3) is 0 Å². The molecule has 0 fully saturated rings. The van der Waals surface area contributed by atoms with Crippen LogP contribution in [0.2, 0.25) is 10.0 Å². The molecule has 144 valence electrons. The molecule has 2 rings (SSSR count). The highest BCUT2D eigenvalue weighted by atomic mass is 35.5. The minimum absolute atomic E-state index is 0.0640. The van der Waals surface area contributed by atoms with E-state index in [2.05, 4.69) is 10.6 Å². The van der Waals surface area contributed by atoms with E-state index < -0.39 is 6.04 Å². The van der Waals surface area contributed by atoms with E-state index in [-0.39, 0.29) is 24.4 Å². The Bertz CT molecular complexity index is 799. The SMILES string of the molecule is CC(NC(=O)C(C)N(C)CC(=O)Nc1ccc(Cl)c(Cl)c1)c1ccccc1. The fourth-order valence-electron chi connectivity index (χ4n) is 2.50. The number of rotatable bonds is 7. The molecule has 0 aliphatic rings. The Hall–Kier alpha value is -2.08. The maximum absolute atomic E-state index is 12.5. The highest BCUT2D eigenvalue weighted by Gasteiger charge is 2.22. The zero-order chi connectivity index (χ0) is 20.0. The Morgan fingerprint density at radius 1 is 1.04 bits per heavy atom. The van der Waals surface area contributed by atoms with Crippen molar-refractivity contribution in [2.75, 3.05) is 18.9 Å². The number of halogens is 2. The Morgan fingerprint density at radius 3 is 2.33 bits per heavy atom. The zero-order valence-corrected chi connectivity index (χ0v) is 17.0. The van der Waals surface area contributed by atoms with Crippen LogP contribution in [0, 0.1) is 0 Å². The minimum atomic E-state index is -0.462. The molecule has 0 radical (unpaired) electrons. The van der Waals surface area contributed by atoms with Crippen molar-refractivity contribution in [3.8, 4) is 0 Å². The lowest BCUT2D eigenvalue weighted by Crippen LogP contribution is -2.46. The summed E-state index contributed by atoms with van der Waals surface area (Å²) < 4.78 is 0. The van der Waals surface area contributed by atoms with E-state index >= 15 is 0 Å². The first-order chi connectivity index (χ1) is 12.8. The zero-order valence-electron chi connectivity index (χ0n) is 15.5. The van der Waals surface area contributed by atoms with E-state index in [1.165, 1.54) is 0 Å². The topological polar surface area (TPSA) is 61.4 Å². The number of hydrogen-bond acceptors (Lipinski definition) is 3. The maximum Gasteiger partial charge on any atom is 0.238 e. The third-order valence-corrected chi connectivity index (χ3v) is 5.03. The number of amides is 2. The summed E-state index contributed by atoms with van der Waals surface area (Å²) in [4.78, 5) is 26.4. The molecule has 0 aliphatic heterocycles. The first-order valence-electron chi connectivity index (χ1n) is 8.58. The number of nitrogens with zero attached hydrogens (tertiary/aromatic N) is 1. The van der Waals surface area contributed by atoms with Crippen molar-refractivity contribution in [2.45, 2.75) is 25.9 Å². The lowest BCUT2D eigenvalue weighted by atomic mass is 10.1. The summed E-state index contributed by atoms with van der Waals surface area (Å²) >= 11 is 11.8. The number of carbonyl (C=O) groups excluding carboxylic acids is 2. The van der Waals surface area contributed by atoms with Gasteiger partial charge in [0.25, 0.3) is 0 Å². The van der Waals surface area contributed by atoms with E-state index in [4.69, 9.17) is 23.2 Å². The van der Waals surface area contributed by atoms with Crippen LogP contribution in [0.15, 0.2) is 48.5 Å². The summed E-state index contributed by atoms with van der Waals surface area (Å²) in [6.07, 6.45) is 0. The van der Waals surface area contributed by atoms with Gasteiger partial charge in [-0.25, -0.2) is 0 Å². The third-order valence-electron chi connectivity index (χ3n) is 4.30. The van der Waals surface area contributed by atoms with Crippen molar-refractivity contribution in [2.24, 2.45) is 0 Å². The monoisotopic (exact) mass is 407 g/mol. The van der Waals surface area contributed by atoms with Gasteiger partial charge < -0.3 is 10.6 Å². The van der Waals surface area contributed by atoms with E-state index in [0.717, 1.165) is 5.56 Å². The van der Waals surface area contributed by atoms with Gasteiger partial charge in [0.05, 0.1) is 28.7 Å². The predicted molar refractivity (Wildman–Crippen MR) is 110 cm³/mol. The summed E-state index contributed by atoms with van der Waals surface area (Å²) in [5, 5.41) is 6.50. The van der Waals surface area contributed by atoms with Crippen molar-refractivity contribution in [3.63, 3.8) is 0 Å². The van der Waals surface area contributed by atoms with Crippen LogP contribution in [0.5, 0.6) is 0 Å². The molecule has 0 saturated carbocycles. The van der Waals surface area contributed by atoms with Gasteiger partial charge in [-0.15, -0.1) is 0 Å². The average Bonchev–Trinajstić information content (AvgIpc) is 2.64. The lowest BCUT2D eigenvalue weighted by molar-refractivity contribution is -0.127. The second-order valence-electron chi connectivity index (χ2n) is 6.41. The molecule has 0 aliphatic carbocycles. The number of benzene rings is 2. The van der Waals surface area contributed by atoms with Crippen molar-refractivity contribution in [1.29, 1.82) is 0 Å². The Labute approximate surface area is 169 Å². The van der Waals surface area contributed by atoms with Crippen LogP contribution in [0.1, 0.15) is 25.5 Å². The van der Waals surface area contributed by atoms with Gasteiger partial charge in [0, 0.05) is 5.69 Å². The molecule has 2 atom stereocenters. The molecule has 5 nitrogen and oxygen atoms in total. The highest BCUT2D eigenvalue weighted by Crippen LogP contribution is 2.25. The van der Waals surface area contributed by atoms with Crippen LogP contribution in [0.4, 0.5) is 5.69 Å². The average molecular weight is 408 g/mol. The quantitative estimate of drug-likeness (QED) is 0.724. The van der Waals surface area contributed by atoms with Gasteiger partial charge in [-0.3, -0.25) is 14.5 Å². The molecule has 0 heterocycles. The Kier molecular flexibility index (Phi) is 7.66. The van der Waals surface area contributed by atoms with Crippen molar-refractivity contribution >= 4 is 40.7 Å². The highest BCUT2D eigenvalue weighted by molar-refractivity contribution is 6.42. The Morgan fingerprint density at radius 2 is 1.70 bits per heavy atom. The lowest BCUT2D eigenvalue weighted by Gasteiger charge is -2.25. The van der Waals surface area contributed by atoms with Gasteiger partial charge in [-0.1, -0.05) is 53.5 Å². The molecule has 0 aromatic heterocycles. The van der Waals surface area contributed by atoms with Gasteiger partial charge in [-0.2, -0.15) is 0 Å².